The maximum absolute atomic E-state index is 12.2. The van der Waals surface area contributed by atoms with Crippen molar-refractivity contribution in [3.8, 4) is 0 Å². The molecule has 98 valence electrons. The summed E-state index contributed by atoms with van der Waals surface area (Å²) >= 11 is 3.43. The fourth-order valence-electron chi connectivity index (χ4n) is 2.70. The fourth-order valence-corrected chi connectivity index (χ4v) is 3.17. The Morgan fingerprint density at radius 3 is 2.89 bits per heavy atom. The number of hydrogen-bond donors (Lipinski definition) is 1. The zero-order valence-corrected chi connectivity index (χ0v) is 12.4. The lowest BCUT2D eigenvalue weighted by Crippen LogP contribution is -2.38. The van der Waals surface area contributed by atoms with Gasteiger partial charge in [-0.25, -0.2) is 0 Å². The minimum atomic E-state index is 0.0456. The van der Waals surface area contributed by atoms with Crippen LogP contribution < -0.4 is 5.32 Å². The average molecular weight is 310 g/mol. The van der Waals surface area contributed by atoms with E-state index >= 15 is 0 Å². The third-order valence-electron chi connectivity index (χ3n) is 3.81. The van der Waals surface area contributed by atoms with E-state index in [1.807, 2.05) is 24.3 Å². The Morgan fingerprint density at radius 2 is 2.17 bits per heavy atom. The van der Waals surface area contributed by atoms with Crippen LogP contribution in [0.1, 0.15) is 49.4 Å². The SMILES string of the molecule is CCC1CCCC(NC(=O)c2ccccc2Br)C1. The Labute approximate surface area is 117 Å². The van der Waals surface area contributed by atoms with Gasteiger partial charge in [-0.05, 0) is 46.8 Å². The van der Waals surface area contributed by atoms with Crippen LogP contribution in [-0.2, 0) is 0 Å². The van der Waals surface area contributed by atoms with Crippen LogP contribution in [0, 0.1) is 5.92 Å². The molecule has 1 aromatic carbocycles. The first-order valence-corrected chi connectivity index (χ1v) is 7.55. The lowest BCUT2D eigenvalue weighted by molar-refractivity contribution is 0.0918. The van der Waals surface area contributed by atoms with Crippen molar-refractivity contribution in [1.82, 2.24) is 5.32 Å². The van der Waals surface area contributed by atoms with Crippen LogP contribution in [0.3, 0.4) is 0 Å². The van der Waals surface area contributed by atoms with Crippen LogP contribution in [0.2, 0.25) is 0 Å². The molecule has 0 heterocycles. The molecule has 0 saturated heterocycles. The minimum Gasteiger partial charge on any atom is -0.349 e. The van der Waals surface area contributed by atoms with Crippen LogP contribution in [0.5, 0.6) is 0 Å². The van der Waals surface area contributed by atoms with E-state index in [1.54, 1.807) is 0 Å². The van der Waals surface area contributed by atoms with E-state index in [-0.39, 0.29) is 5.91 Å². The Balaban J connectivity index is 1.97. The fraction of sp³-hybridized carbons (Fsp3) is 0.533. The van der Waals surface area contributed by atoms with Crippen molar-refractivity contribution in [3.05, 3.63) is 34.3 Å². The van der Waals surface area contributed by atoms with E-state index in [0.717, 1.165) is 28.8 Å². The van der Waals surface area contributed by atoms with E-state index < -0.39 is 0 Å². The topological polar surface area (TPSA) is 29.1 Å². The minimum absolute atomic E-state index is 0.0456. The molecule has 1 aromatic rings. The number of benzene rings is 1. The van der Waals surface area contributed by atoms with Crippen molar-refractivity contribution in [2.75, 3.05) is 0 Å². The van der Waals surface area contributed by atoms with Gasteiger partial charge in [-0.1, -0.05) is 38.3 Å². The zero-order valence-electron chi connectivity index (χ0n) is 10.8. The van der Waals surface area contributed by atoms with Gasteiger partial charge in [0.05, 0.1) is 5.56 Å². The summed E-state index contributed by atoms with van der Waals surface area (Å²) in [6.45, 7) is 2.24. The van der Waals surface area contributed by atoms with Gasteiger partial charge in [-0.15, -0.1) is 0 Å². The van der Waals surface area contributed by atoms with Crippen molar-refractivity contribution in [2.24, 2.45) is 5.92 Å². The third kappa shape index (κ3) is 3.35. The molecule has 2 rings (SSSR count). The summed E-state index contributed by atoms with van der Waals surface area (Å²) in [6.07, 6.45) is 6.03. The van der Waals surface area contributed by atoms with Crippen LogP contribution in [-0.4, -0.2) is 11.9 Å². The van der Waals surface area contributed by atoms with E-state index in [2.05, 4.69) is 28.2 Å². The van der Waals surface area contributed by atoms with E-state index in [0.29, 0.717) is 6.04 Å². The smallest absolute Gasteiger partial charge is 0.252 e. The highest BCUT2D eigenvalue weighted by Crippen LogP contribution is 2.27. The predicted molar refractivity (Wildman–Crippen MR) is 77.6 cm³/mol. The molecule has 1 fully saturated rings. The molecule has 0 radical (unpaired) electrons. The molecule has 2 atom stereocenters. The first-order chi connectivity index (χ1) is 8.70. The molecule has 1 aliphatic rings. The van der Waals surface area contributed by atoms with E-state index in [9.17, 15) is 4.79 Å². The summed E-state index contributed by atoms with van der Waals surface area (Å²) in [4.78, 5) is 12.2. The normalized spacial score (nSPS) is 23.7. The lowest BCUT2D eigenvalue weighted by atomic mass is 9.84. The van der Waals surface area contributed by atoms with Crippen LogP contribution >= 0.6 is 15.9 Å². The van der Waals surface area contributed by atoms with Crippen LogP contribution in [0.4, 0.5) is 0 Å². The maximum Gasteiger partial charge on any atom is 0.252 e. The monoisotopic (exact) mass is 309 g/mol. The Bertz CT molecular complexity index is 419. The van der Waals surface area contributed by atoms with Crippen LogP contribution in [0.15, 0.2) is 28.7 Å². The Kier molecular flexibility index (Phi) is 4.81. The maximum atomic E-state index is 12.2. The molecule has 2 unspecified atom stereocenters. The second kappa shape index (κ2) is 6.37. The van der Waals surface area contributed by atoms with Gasteiger partial charge in [-0.3, -0.25) is 4.79 Å². The van der Waals surface area contributed by atoms with Crippen molar-refractivity contribution in [1.29, 1.82) is 0 Å². The van der Waals surface area contributed by atoms with Crippen molar-refractivity contribution in [3.63, 3.8) is 0 Å². The molecular weight excluding hydrogens is 290 g/mol. The molecule has 1 saturated carbocycles. The number of carbonyl (C=O) groups is 1. The molecule has 18 heavy (non-hydrogen) atoms. The number of halogens is 1. The second-order valence-electron chi connectivity index (χ2n) is 5.09. The van der Waals surface area contributed by atoms with Gasteiger partial charge in [0.1, 0.15) is 0 Å². The highest BCUT2D eigenvalue weighted by Gasteiger charge is 2.22. The largest absolute Gasteiger partial charge is 0.349 e. The number of rotatable bonds is 3. The van der Waals surface area contributed by atoms with E-state index in [4.69, 9.17) is 0 Å². The van der Waals surface area contributed by atoms with Gasteiger partial charge in [0.15, 0.2) is 0 Å². The molecule has 1 amide bonds. The Hall–Kier alpha value is -0.830. The van der Waals surface area contributed by atoms with Gasteiger partial charge in [0, 0.05) is 10.5 Å². The molecule has 0 aromatic heterocycles. The third-order valence-corrected chi connectivity index (χ3v) is 4.51. The molecule has 0 bridgehead atoms. The second-order valence-corrected chi connectivity index (χ2v) is 5.95. The first kappa shape index (κ1) is 13.6. The zero-order chi connectivity index (χ0) is 13.0. The quantitative estimate of drug-likeness (QED) is 0.893. The highest BCUT2D eigenvalue weighted by atomic mass is 79.9. The summed E-state index contributed by atoms with van der Waals surface area (Å²) in [5, 5.41) is 3.17. The number of carbonyl (C=O) groups excluding carboxylic acids is 1. The van der Waals surface area contributed by atoms with Crippen molar-refractivity contribution < 1.29 is 4.79 Å². The van der Waals surface area contributed by atoms with Gasteiger partial charge >= 0.3 is 0 Å². The Morgan fingerprint density at radius 1 is 1.39 bits per heavy atom. The van der Waals surface area contributed by atoms with E-state index in [1.165, 1.54) is 19.3 Å². The molecule has 1 aliphatic carbocycles. The van der Waals surface area contributed by atoms with Crippen molar-refractivity contribution >= 4 is 21.8 Å². The van der Waals surface area contributed by atoms with Crippen LogP contribution in [0.25, 0.3) is 0 Å². The van der Waals surface area contributed by atoms with Gasteiger partial charge < -0.3 is 5.32 Å². The summed E-state index contributed by atoms with van der Waals surface area (Å²) in [5.41, 5.74) is 0.733. The summed E-state index contributed by atoms with van der Waals surface area (Å²) in [5.74, 6) is 0.826. The molecular formula is C15H20BrNO. The molecule has 0 aliphatic heterocycles. The van der Waals surface area contributed by atoms with Gasteiger partial charge in [0.25, 0.3) is 5.91 Å². The average Bonchev–Trinajstić information content (AvgIpc) is 2.39. The molecule has 0 spiro atoms. The van der Waals surface area contributed by atoms with Crippen molar-refractivity contribution in [2.45, 2.75) is 45.1 Å². The summed E-state index contributed by atoms with van der Waals surface area (Å²) < 4.78 is 0.866. The predicted octanol–water partition coefficient (Wildman–Crippen LogP) is 4.15. The standard InChI is InChI=1S/C15H20BrNO/c1-2-11-6-5-7-12(10-11)17-15(18)13-8-3-4-9-14(13)16/h3-4,8-9,11-12H,2,5-7,10H2,1H3,(H,17,18). The van der Waals surface area contributed by atoms with Gasteiger partial charge in [-0.2, -0.15) is 0 Å². The van der Waals surface area contributed by atoms with Gasteiger partial charge in [0.2, 0.25) is 0 Å². The molecule has 1 N–H and O–H groups in total. The molecule has 3 heteroatoms. The summed E-state index contributed by atoms with van der Waals surface area (Å²) in [7, 11) is 0. The lowest BCUT2D eigenvalue weighted by Gasteiger charge is -2.29. The number of hydrogen-bond acceptors (Lipinski definition) is 1. The highest BCUT2D eigenvalue weighted by molar-refractivity contribution is 9.10. The first-order valence-electron chi connectivity index (χ1n) is 6.76. The molecule has 2 nitrogen and oxygen atoms in total. The summed E-state index contributed by atoms with van der Waals surface area (Å²) in [6, 6.07) is 7.94. The number of nitrogens with one attached hydrogen (secondary N) is 1. The number of amides is 1.